The third-order valence-electron chi connectivity index (χ3n) is 5.71. The second kappa shape index (κ2) is 11.0. The molecule has 0 bridgehead atoms. The topological polar surface area (TPSA) is 55.6 Å². The third-order valence-corrected chi connectivity index (χ3v) is 6.23. The van der Waals surface area contributed by atoms with Crippen LogP contribution in [-0.4, -0.2) is 16.7 Å². The first-order valence-corrected chi connectivity index (χ1v) is 12.1. The summed E-state index contributed by atoms with van der Waals surface area (Å²) in [5, 5.41) is 3.95. The highest BCUT2D eigenvalue weighted by molar-refractivity contribution is 9.10. The van der Waals surface area contributed by atoms with Gasteiger partial charge in [0, 0.05) is 32.7 Å². The molecule has 37 heavy (non-hydrogen) atoms. The van der Waals surface area contributed by atoms with Crippen LogP contribution >= 0.6 is 15.9 Å². The van der Waals surface area contributed by atoms with Crippen molar-refractivity contribution in [1.29, 1.82) is 0 Å². The molecule has 0 saturated carbocycles. The van der Waals surface area contributed by atoms with Crippen LogP contribution in [0.5, 0.6) is 5.75 Å². The van der Waals surface area contributed by atoms with Crippen LogP contribution in [0.25, 0.3) is 5.69 Å². The number of amides is 1. The number of alkyl halides is 3. The largest absolute Gasteiger partial charge is 0.489 e. The van der Waals surface area contributed by atoms with Gasteiger partial charge in [0.05, 0.1) is 11.8 Å². The molecule has 0 atom stereocenters. The molecular formula is C28H23BrF3N3O2. The number of benzene rings is 3. The van der Waals surface area contributed by atoms with Crippen molar-refractivity contribution in [2.75, 3.05) is 0 Å². The van der Waals surface area contributed by atoms with Gasteiger partial charge in [-0.05, 0) is 80.1 Å². The summed E-state index contributed by atoms with van der Waals surface area (Å²) < 4.78 is 47.6. The molecule has 190 valence electrons. The van der Waals surface area contributed by atoms with Crippen LogP contribution in [0.3, 0.4) is 0 Å². The molecule has 4 aromatic rings. The van der Waals surface area contributed by atoms with Crippen LogP contribution < -0.4 is 10.2 Å². The first kappa shape index (κ1) is 26.2. The summed E-state index contributed by atoms with van der Waals surface area (Å²) >= 11 is 3.42. The van der Waals surface area contributed by atoms with Crippen molar-refractivity contribution < 1.29 is 22.7 Å². The number of ether oxygens (including phenoxy) is 1. The molecule has 0 spiro atoms. The summed E-state index contributed by atoms with van der Waals surface area (Å²) in [4.78, 5) is 12.3. The molecule has 0 aliphatic rings. The molecule has 4 rings (SSSR count). The highest BCUT2D eigenvalue weighted by Crippen LogP contribution is 2.29. The molecule has 0 aliphatic heterocycles. The van der Waals surface area contributed by atoms with Crippen LogP contribution in [0.15, 0.2) is 88.4 Å². The molecule has 1 amide bonds. The number of halogens is 4. The number of rotatable bonds is 7. The lowest BCUT2D eigenvalue weighted by Crippen LogP contribution is -2.18. The Labute approximate surface area is 220 Å². The number of carbonyl (C=O) groups excluding carboxylic acids is 1. The maximum absolute atomic E-state index is 12.9. The van der Waals surface area contributed by atoms with Gasteiger partial charge in [-0.3, -0.25) is 4.79 Å². The predicted octanol–water partition coefficient (Wildman–Crippen LogP) is 7.22. The number of nitrogens with zero attached hydrogens (tertiary/aromatic N) is 2. The summed E-state index contributed by atoms with van der Waals surface area (Å²) in [6.45, 7) is 4.32. The Morgan fingerprint density at radius 2 is 1.73 bits per heavy atom. The van der Waals surface area contributed by atoms with E-state index >= 15 is 0 Å². The van der Waals surface area contributed by atoms with E-state index in [4.69, 9.17) is 4.74 Å². The van der Waals surface area contributed by atoms with Gasteiger partial charge in [-0.25, -0.2) is 5.43 Å². The van der Waals surface area contributed by atoms with Gasteiger partial charge >= 0.3 is 6.18 Å². The highest BCUT2D eigenvalue weighted by Gasteiger charge is 2.30. The van der Waals surface area contributed by atoms with Gasteiger partial charge in [0.25, 0.3) is 5.91 Å². The Bertz CT molecular complexity index is 1430. The second-order valence-electron chi connectivity index (χ2n) is 8.35. The van der Waals surface area contributed by atoms with Crippen LogP contribution in [0.4, 0.5) is 13.2 Å². The van der Waals surface area contributed by atoms with Crippen LogP contribution in [0, 0.1) is 13.8 Å². The standard InChI is InChI=1S/C28H23BrF3N3O2/c1-18-14-22(16-33-34-27(36)21-4-3-5-23(15-21)28(30,31)32)19(2)35(18)25-10-12-26(13-11-25)37-17-20-6-8-24(29)9-7-20/h3-16H,17H2,1-2H3,(H,34,36)/b33-16-. The summed E-state index contributed by atoms with van der Waals surface area (Å²) in [7, 11) is 0. The van der Waals surface area contributed by atoms with Gasteiger partial charge in [-0.2, -0.15) is 18.3 Å². The number of nitrogens with one attached hydrogen (secondary N) is 1. The maximum Gasteiger partial charge on any atom is 0.416 e. The summed E-state index contributed by atoms with van der Waals surface area (Å²) in [5.41, 5.74) is 5.87. The SMILES string of the molecule is Cc1cc(/C=N\NC(=O)c2cccc(C(F)(F)F)c2)c(C)n1-c1ccc(OCc2ccc(Br)cc2)cc1. The first-order chi connectivity index (χ1) is 17.6. The molecule has 9 heteroatoms. The minimum absolute atomic E-state index is 0.125. The van der Waals surface area contributed by atoms with Gasteiger partial charge in [0.15, 0.2) is 0 Å². The number of hydrogen-bond donors (Lipinski definition) is 1. The zero-order valence-corrected chi connectivity index (χ0v) is 21.6. The number of aromatic nitrogens is 1. The molecule has 0 radical (unpaired) electrons. The fraction of sp³-hybridized carbons (Fsp3) is 0.143. The minimum atomic E-state index is -4.53. The number of carbonyl (C=O) groups is 1. The fourth-order valence-corrected chi connectivity index (χ4v) is 4.08. The van der Waals surface area contributed by atoms with Crippen molar-refractivity contribution in [2.24, 2.45) is 5.10 Å². The quantitative estimate of drug-likeness (QED) is 0.189. The monoisotopic (exact) mass is 569 g/mol. The van der Waals surface area contributed by atoms with Gasteiger partial charge in [-0.15, -0.1) is 0 Å². The van der Waals surface area contributed by atoms with Crippen molar-refractivity contribution in [3.05, 3.63) is 117 Å². The smallest absolute Gasteiger partial charge is 0.416 e. The number of hydrazone groups is 1. The van der Waals surface area contributed by atoms with Crippen molar-refractivity contribution >= 4 is 28.1 Å². The Morgan fingerprint density at radius 3 is 2.41 bits per heavy atom. The summed E-state index contributed by atoms with van der Waals surface area (Å²) in [5.74, 6) is 0.0168. The van der Waals surface area contributed by atoms with Crippen LogP contribution in [-0.2, 0) is 12.8 Å². The summed E-state index contributed by atoms with van der Waals surface area (Å²) in [6, 6.07) is 21.7. The zero-order chi connectivity index (χ0) is 26.6. The number of aryl methyl sites for hydroxylation is 1. The second-order valence-corrected chi connectivity index (χ2v) is 9.26. The molecule has 1 heterocycles. The van der Waals surface area contributed by atoms with E-state index in [1.807, 2.05) is 73.0 Å². The van der Waals surface area contributed by atoms with Gasteiger partial charge in [0.1, 0.15) is 12.4 Å². The van der Waals surface area contributed by atoms with E-state index < -0.39 is 17.6 Å². The zero-order valence-electron chi connectivity index (χ0n) is 20.0. The number of hydrogen-bond acceptors (Lipinski definition) is 3. The molecule has 3 aromatic carbocycles. The minimum Gasteiger partial charge on any atom is -0.489 e. The van der Waals surface area contributed by atoms with Crippen molar-refractivity contribution in [2.45, 2.75) is 26.6 Å². The molecule has 0 saturated heterocycles. The van der Waals surface area contributed by atoms with Gasteiger partial charge in [-0.1, -0.05) is 34.1 Å². The van der Waals surface area contributed by atoms with E-state index in [-0.39, 0.29) is 5.56 Å². The van der Waals surface area contributed by atoms with E-state index in [0.717, 1.165) is 50.6 Å². The molecule has 1 aromatic heterocycles. The molecule has 5 nitrogen and oxygen atoms in total. The van der Waals surface area contributed by atoms with Crippen LogP contribution in [0.2, 0.25) is 0 Å². The molecular weight excluding hydrogens is 547 g/mol. The lowest BCUT2D eigenvalue weighted by molar-refractivity contribution is -0.137. The van der Waals surface area contributed by atoms with Crippen molar-refractivity contribution in [3.63, 3.8) is 0 Å². The molecule has 1 N–H and O–H groups in total. The van der Waals surface area contributed by atoms with Gasteiger partial charge < -0.3 is 9.30 Å². The maximum atomic E-state index is 12.9. The first-order valence-electron chi connectivity index (χ1n) is 11.3. The molecule has 0 unspecified atom stereocenters. The van der Waals surface area contributed by atoms with Gasteiger partial charge in [0.2, 0.25) is 0 Å². The average molecular weight is 570 g/mol. The third kappa shape index (κ3) is 6.48. The Kier molecular flexibility index (Phi) is 7.83. The van der Waals surface area contributed by atoms with E-state index in [0.29, 0.717) is 6.61 Å². The van der Waals surface area contributed by atoms with E-state index in [1.54, 1.807) is 0 Å². The Balaban J connectivity index is 1.42. The van der Waals surface area contributed by atoms with E-state index in [9.17, 15) is 18.0 Å². The summed E-state index contributed by atoms with van der Waals surface area (Å²) in [6.07, 6.45) is -3.05. The highest BCUT2D eigenvalue weighted by atomic mass is 79.9. The lowest BCUT2D eigenvalue weighted by atomic mass is 10.1. The van der Waals surface area contributed by atoms with Crippen LogP contribution in [0.1, 0.15) is 38.4 Å². The van der Waals surface area contributed by atoms with Crippen molar-refractivity contribution in [3.8, 4) is 11.4 Å². The van der Waals surface area contributed by atoms with Crippen molar-refractivity contribution in [1.82, 2.24) is 9.99 Å². The average Bonchev–Trinajstić information content (AvgIpc) is 3.16. The normalized spacial score (nSPS) is 11.6. The predicted molar refractivity (Wildman–Crippen MR) is 140 cm³/mol. The Morgan fingerprint density at radius 1 is 1.03 bits per heavy atom. The fourth-order valence-electron chi connectivity index (χ4n) is 3.82. The lowest BCUT2D eigenvalue weighted by Gasteiger charge is -2.11. The Hall–Kier alpha value is -3.85. The molecule has 0 aliphatic carbocycles. The van der Waals surface area contributed by atoms with E-state index in [2.05, 4.69) is 26.5 Å². The molecule has 0 fully saturated rings. The van der Waals surface area contributed by atoms with E-state index in [1.165, 1.54) is 18.3 Å².